The van der Waals surface area contributed by atoms with E-state index in [1.807, 2.05) is 0 Å². The molecule has 0 N–H and O–H groups in total. The average Bonchev–Trinajstić information content (AvgIpc) is 1.81. The van der Waals surface area contributed by atoms with Crippen molar-refractivity contribution in [2.24, 2.45) is 5.92 Å². The van der Waals surface area contributed by atoms with E-state index in [1.54, 1.807) is 13.8 Å². The van der Waals surface area contributed by atoms with Gasteiger partial charge in [0, 0.05) is 6.92 Å². The Morgan fingerprint density at radius 1 is 1.36 bits per heavy atom. The second kappa shape index (κ2) is 4.34. The number of hydrogen-bond acceptors (Lipinski definition) is 3. The number of carbonyl (C=O) groups excluding carboxylic acids is 2. The van der Waals surface area contributed by atoms with Crippen LogP contribution in [0.15, 0.2) is 0 Å². The summed E-state index contributed by atoms with van der Waals surface area (Å²) in [7, 11) is 0. The summed E-state index contributed by atoms with van der Waals surface area (Å²) in [5, 5.41) is -0.629. The van der Waals surface area contributed by atoms with E-state index < -0.39 is 17.3 Å². The van der Waals surface area contributed by atoms with Crippen molar-refractivity contribution in [2.45, 2.75) is 26.9 Å². The molecule has 0 bridgehead atoms. The topological polar surface area (TPSA) is 43.4 Å². The lowest BCUT2D eigenvalue weighted by Gasteiger charge is -2.15. The lowest BCUT2D eigenvalue weighted by molar-refractivity contribution is -0.152. The van der Waals surface area contributed by atoms with Gasteiger partial charge in [-0.25, -0.2) is 0 Å². The lowest BCUT2D eigenvalue weighted by Crippen LogP contribution is -2.28. The van der Waals surface area contributed by atoms with Crippen LogP contribution in [-0.2, 0) is 14.3 Å². The number of rotatable bonds is 3. The van der Waals surface area contributed by atoms with Crippen molar-refractivity contribution in [2.75, 3.05) is 0 Å². The Kier molecular flexibility index (Phi) is 4.11. The zero-order valence-electron chi connectivity index (χ0n) is 6.76. The third kappa shape index (κ3) is 3.98. The standard InChI is InChI=1S/C7H11ClO3/c1-4(2)6(7(8)10)11-5(3)9/h4,6H,1-3H3. The van der Waals surface area contributed by atoms with Gasteiger partial charge in [0.2, 0.25) is 0 Å². The first-order valence-corrected chi connectivity index (χ1v) is 3.69. The van der Waals surface area contributed by atoms with Crippen LogP contribution in [0, 0.1) is 5.92 Å². The minimum absolute atomic E-state index is 0.0797. The van der Waals surface area contributed by atoms with Crippen molar-refractivity contribution >= 4 is 22.8 Å². The average molecular weight is 179 g/mol. The summed E-state index contributed by atoms with van der Waals surface area (Å²) < 4.78 is 4.65. The zero-order chi connectivity index (χ0) is 9.02. The van der Waals surface area contributed by atoms with E-state index in [9.17, 15) is 9.59 Å². The molecule has 0 spiro atoms. The van der Waals surface area contributed by atoms with Gasteiger partial charge in [0.25, 0.3) is 5.24 Å². The van der Waals surface area contributed by atoms with Gasteiger partial charge in [0.1, 0.15) is 0 Å². The van der Waals surface area contributed by atoms with Gasteiger partial charge < -0.3 is 4.74 Å². The number of halogens is 1. The van der Waals surface area contributed by atoms with E-state index in [2.05, 4.69) is 4.74 Å². The monoisotopic (exact) mass is 178 g/mol. The zero-order valence-corrected chi connectivity index (χ0v) is 7.51. The maximum absolute atomic E-state index is 10.6. The molecule has 64 valence electrons. The third-order valence-electron chi connectivity index (χ3n) is 1.12. The molecule has 0 heterocycles. The van der Waals surface area contributed by atoms with Crippen LogP contribution in [-0.4, -0.2) is 17.3 Å². The highest BCUT2D eigenvalue weighted by Gasteiger charge is 2.22. The Labute approximate surface area is 70.7 Å². The molecule has 0 aliphatic heterocycles. The molecule has 0 amide bonds. The van der Waals surface area contributed by atoms with Crippen LogP contribution in [0.2, 0.25) is 0 Å². The van der Waals surface area contributed by atoms with Gasteiger partial charge in [0.05, 0.1) is 0 Å². The summed E-state index contributed by atoms with van der Waals surface area (Å²) in [6, 6.07) is 0. The lowest BCUT2D eigenvalue weighted by atomic mass is 10.1. The predicted molar refractivity (Wildman–Crippen MR) is 41.3 cm³/mol. The van der Waals surface area contributed by atoms with Crippen molar-refractivity contribution < 1.29 is 14.3 Å². The molecule has 0 saturated carbocycles. The molecule has 3 nitrogen and oxygen atoms in total. The summed E-state index contributed by atoms with van der Waals surface area (Å²) in [6.45, 7) is 4.76. The van der Waals surface area contributed by atoms with E-state index >= 15 is 0 Å². The molecule has 0 aliphatic carbocycles. The quantitative estimate of drug-likeness (QED) is 0.484. The highest BCUT2D eigenvalue weighted by atomic mass is 35.5. The molecule has 0 saturated heterocycles. The predicted octanol–water partition coefficient (Wildman–Crippen LogP) is 1.34. The molecule has 1 atom stereocenters. The van der Waals surface area contributed by atoms with Gasteiger partial charge in [-0.3, -0.25) is 9.59 Å². The number of hydrogen-bond donors (Lipinski definition) is 0. The molecular formula is C7H11ClO3. The van der Waals surface area contributed by atoms with Gasteiger partial charge in [-0.2, -0.15) is 0 Å². The fraction of sp³-hybridized carbons (Fsp3) is 0.714. The summed E-state index contributed by atoms with van der Waals surface area (Å²) >= 11 is 5.17. The minimum atomic E-state index is -0.811. The minimum Gasteiger partial charge on any atom is -0.453 e. The Bertz CT molecular complexity index is 165. The molecule has 11 heavy (non-hydrogen) atoms. The molecule has 0 fully saturated rings. The molecule has 0 radical (unpaired) electrons. The van der Waals surface area contributed by atoms with Crippen molar-refractivity contribution in [1.29, 1.82) is 0 Å². The Morgan fingerprint density at radius 3 is 1.91 bits per heavy atom. The third-order valence-corrected chi connectivity index (χ3v) is 1.34. The molecule has 0 aromatic heterocycles. The molecule has 0 rings (SSSR count). The van der Waals surface area contributed by atoms with Crippen LogP contribution < -0.4 is 0 Å². The van der Waals surface area contributed by atoms with Crippen LogP contribution in [0.3, 0.4) is 0 Å². The van der Waals surface area contributed by atoms with E-state index in [0.717, 1.165) is 0 Å². The van der Waals surface area contributed by atoms with E-state index in [-0.39, 0.29) is 5.92 Å². The second-order valence-electron chi connectivity index (χ2n) is 2.58. The van der Waals surface area contributed by atoms with E-state index in [0.29, 0.717) is 0 Å². The number of esters is 1. The second-order valence-corrected chi connectivity index (χ2v) is 2.95. The highest BCUT2D eigenvalue weighted by molar-refractivity contribution is 6.64. The van der Waals surface area contributed by atoms with Crippen LogP contribution >= 0.6 is 11.6 Å². The Hall–Kier alpha value is -0.570. The highest BCUT2D eigenvalue weighted by Crippen LogP contribution is 2.09. The van der Waals surface area contributed by atoms with Crippen LogP contribution in [0.25, 0.3) is 0 Å². The summed E-state index contributed by atoms with van der Waals surface area (Å²) in [4.78, 5) is 21.0. The fourth-order valence-electron chi connectivity index (χ4n) is 0.623. The van der Waals surface area contributed by atoms with Crippen LogP contribution in [0.5, 0.6) is 0 Å². The molecule has 4 heteroatoms. The smallest absolute Gasteiger partial charge is 0.303 e. The Morgan fingerprint density at radius 2 is 1.82 bits per heavy atom. The molecule has 0 aromatic carbocycles. The Balaban J connectivity index is 4.12. The molecular weight excluding hydrogens is 168 g/mol. The number of ether oxygens (including phenoxy) is 1. The summed E-state index contributed by atoms with van der Waals surface area (Å²) in [5.41, 5.74) is 0. The van der Waals surface area contributed by atoms with E-state index in [4.69, 9.17) is 11.6 Å². The summed E-state index contributed by atoms with van der Waals surface area (Å²) in [5.74, 6) is -0.568. The van der Waals surface area contributed by atoms with Gasteiger partial charge in [-0.1, -0.05) is 13.8 Å². The SMILES string of the molecule is CC(=O)OC(C(=O)Cl)C(C)C. The maximum Gasteiger partial charge on any atom is 0.303 e. The van der Waals surface area contributed by atoms with Crippen LogP contribution in [0.1, 0.15) is 20.8 Å². The summed E-state index contributed by atoms with van der Waals surface area (Å²) in [6.07, 6.45) is -0.811. The van der Waals surface area contributed by atoms with Gasteiger partial charge in [-0.15, -0.1) is 0 Å². The number of carbonyl (C=O) groups is 2. The van der Waals surface area contributed by atoms with Crippen molar-refractivity contribution in [3.63, 3.8) is 0 Å². The van der Waals surface area contributed by atoms with Gasteiger partial charge >= 0.3 is 5.97 Å². The molecule has 0 aromatic rings. The van der Waals surface area contributed by atoms with E-state index in [1.165, 1.54) is 6.92 Å². The maximum atomic E-state index is 10.6. The fourth-order valence-corrected chi connectivity index (χ4v) is 0.920. The normalized spacial score (nSPS) is 12.8. The van der Waals surface area contributed by atoms with Crippen molar-refractivity contribution in [1.82, 2.24) is 0 Å². The van der Waals surface area contributed by atoms with Gasteiger partial charge in [-0.05, 0) is 17.5 Å². The first kappa shape index (κ1) is 10.4. The molecule has 0 aliphatic rings. The van der Waals surface area contributed by atoms with Crippen molar-refractivity contribution in [3.05, 3.63) is 0 Å². The van der Waals surface area contributed by atoms with Crippen LogP contribution in [0.4, 0.5) is 0 Å². The van der Waals surface area contributed by atoms with Gasteiger partial charge in [0.15, 0.2) is 6.10 Å². The van der Waals surface area contributed by atoms with Crippen molar-refractivity contribution in [3.8, 4) is 0 Å². The first-order valence-electron chi connectivity index (χ1n) is 3.31. The largest absolute Gasteiger partial charge is 0.453 e. The molecule has 1 unspecified atom stereocenters. The first-order chi connectivity index (χ1) is 4.95.